The highest BCUT2D eigenvalue weighted by Crippen LogP contribution is 2.24. The summed E-state index contributed by atoms with van der Waals surface area (Å²) in [7, 11) is 0. The number of allylic oxidation sites excluding steroid dienone is 1. The van der Waals surface area contributed by atoms with Gasteiger partial charge in [0.05, 0.1) is 5.56 Å². The van der Waals surface area contributed by atoms with Crippen molar-refractivity contribution >= 4 is 11.5 Å². The van der Waals surface area contributed by atoms with Crippen molar-refractivity contribution in [2.45, 2.75) is 13.8 Å². The zero-order valence-electron chi connectivity index (χ0n) is 12.1. The van der Waals surface area contributed by atoms with Gasteiger partial charge in [0.25, 0.3) is 0 Å². The number of nitrogens with one attached hydrogen (secondary N) is 1. The van der Waals surface area contributed by atoms with E-state index < -0.39 is 0 Å². The summed E-state index contributed by atoms with van der Waals surface area (Å²) in [6, 6.07) is 13.2. The average molecular weight is 279 g/mol. The van der Waals surface area contributed by atoms with Crippen LogP contribution in [0.5, 0.6) is 5.75 Å². The van der Waals surface area contributed by atoms with E-state index >= 15 is 0 Å². The predicted molar refractivity (Wildman–Crippen MR) is 83.6 cm³/mol. The molecule has 0 saturated heterocycles. The number of pyridine rings is 1. The molecule has 0 saturated carbocycles. The summed E-state index contributed by atoms with van der Waals surface area (Å²) >= 11 is 0. The van der Waals surface area contributed by atoms with Crippen LogP contribution in [0.15, 0.2) is 54.2 Å². The molecule has 106 valence electrons. The van der Waals surface area contributed by atoms with Crippen molar-refractivity contribution in [1.29, 1.82) is 5.26 Å². The Kier molecular flexibility index (Phi) is 4.94. The van der Waals surface area contributed by atoms with E-state index in [0.29, 0.717) is 17.9 Å². The Bertz CT molecular complexity index is 668. The summed E-state index contributed by atoms with van der Waals surface area (Å²) in [6.07, 6.45) is 3.69. The number of benzene rings is 1. The first-order valence-electron chi connectivity index (χ1n) is 6.67. The van der Waals surface area contributed by atoms with E-state index in [1.54, 1.807) is 12.3 Å². The first kappa shape index (κ1) is 14.6. The van der Waals surface area contributed by atoms with E-state index in [1.807, 2.05) is 50.3 Å². The highest BCUT2D eigenvalue weighted by atomic mass is 16.5. The standard InChI is InChI=1S/C17H17N3O/c1-13(2)8-10-21-16-11-15(7-6-14(16)12-18)20-17-5-3-4-9-19-17/h3-9,11H,10H2,1-2H3,(H,19,20). The van der Waals surface area contributed by atoms with E-state index in [4.69, 9.17) is 10.00 Å². The predicted octanol–water partition coefficient (Wildman–Crippen LogP) is 4.04. The van der Waals surface area contributed by atoms with Crippen molar-refractivity contribution in [1.82, 2.24) is 4.98 Å². The minimum atomic E-state index is 0.448. The van der Waals surface area contributed by atoms with Gasteiger partial charge in [-0.3, -0.25) is 0 Å². The van der Waals surface area contributed by atoms with Crippen LogP contribution >= 0.6 is 0 Å². The third-order valence-electron chi connectivity index (χ3n) is 2.77. The third kappa shape index (κ3) is 4.36. The number of hydrogen-bond donors (Lipinski definition) is 1. The van der Waals surface area contributed by atoms with Crippen LogP contribution < -0.4 is 10.1 Å². The molecule has 0 aliphatic carbocycles. The van der Waals surface area contributed by atoms with E-state index in [0.717, 1.165) is 11.5 Å². The second-order valence-corrected chi connectivity index (χ2v) is 4.76. The average Bonchev–Trinajstić information content (AvgIpc) is 2.48. The van der Waals surface area contributed by atoms with Crippen LogP contribution in [0.1, 0.15) is 19.4 Å². The minimum Gasteiger partial charge on any atom is -0.488 e. The molecule has 1 aromatic carbocycles. The Morgan fingerprint density at radius 2 is 2.19 bits per heavy atom. The summed E-state index contributed by atoms with van der Waals surface area (Å²) in [5.74, 6) is 1.31. The molecule has 21 heavy (non-hydrogen) atoms. The molecule has 4 heteroatoms. The van der Waals surface area contributed by atoms with Gasteiger partial charge < -0.3 is 10.1 Å². The third-order valence-corrected chi connectivity index (χ3v) is 2.77. The number of rotatable bonds is 5. The Morgan fingerprint density at radius 3 is 2.86 bits per heavy atom. The van der Waals surface area contributed by atoms with Gasteiger partial charge in [0.1, 0.15) is 24.2 Å². The van der Waals surface area contributed by atoms with Crippen molar-refractivity contribution in [3.05, 3.63) is 59.8 Å². The molecular weight excluding hydrogens is 262 g/mol. The first-order chi connectivity index (χ1) is 10.2. The Labute approximate surface area is 124 Å². The lowest BCUT2D eigenvalue weighted by molar-refractivity contribution is 0.361. The molecule has 0 aliphatic heterocycles. The zero-order chi connectivity index (χ0) is 15.1. The maximum atomic E-state index is 9.13. The van der Waals surface area contributed by atoms with Crippen molar-refractivity contribution in [3.63, 3.8) is 0 Å². The van der Waals surface area contributed by atoms with Crippen LogP contribution in [0.3, 0.4) is 0 Å². The molecule has 1 N–H and O–H groups in total. The normalized spacial score (nSPS) is 9.57. The molecule has 0 atom stereocenters. The van der Waals surface area contributed by atoms with Gasteiger partial charge >= 0.3 is 0 Å². The SMILES string of the molecule is CC(C)=CCOc1cc(Nc2ccccn2)ccc1C#N. The Morgan fingerprint density at radius 1 is 1.33 bits per heavy atom. The summed E-state index contributed by atoms with van der Waals surface area (Å²) in [6.45, 7) is 4.46. The van der Waals surface area contributed by atoms with E-state index in [1.165, 1.54) is 5.57 Å². The lowest BCUT2D eigenvalue weighted by Gasteiger charge is -2.10. The molecule has 0 amide bonds. The van der Waals surface area contributed by atoms with Crippen molar-refractivity contribution < 1.29 is 4.74 Å². The lowest BCUT2D eigenvalue weighted by Crippen LogP contribution is -1.99. The molecule has 4 nitrogen and oxygen atoms in total. The fourth-order valence-corrected chi connectivity index (χ4v) is 1.69. The Hall–Kier alpha value is -2.80. The minimum absolute atomic E-state index is 0.448. The van der Waals surface area contributed by atoms with Gasteiger partial charge in [0, 0.05) is 18.0 Å². The number of nitriles is 1. The van der Waals surface area contributed by atoms with Crippen LogP contribution in [-0.2, 0) is 0 Å². The van der Waals surface area contributed by atoms with Crippen molar-refractivity contribution in [2.24, 2.45) is 0 Å². The van der Waals surface area contributed by atoms with E-state index in [9.17, 15) is 0 Å². The van der Waals surface area contributed by atoms with Crippen molar-refractivity contribution in [3.8, 4) is 11.8 Å². The smallest absolute Gasteiger partial charge is 0.139 e. The highest BCUT2D eigenvalue weighted by molar-refractivity contribution is 5.61. The molecule has 0 unspecified atom stereocenters. The Balaban J connectivity index is 2.17. The lowest BCUT2D eigenvalue weighted by atomic mass is 10.2. The second-order valence-electron chi connectivity index (χ2n) is 4.76. The number of aromatic nitrogens is 1. The molecule has 0 bridgehead atoms. The van der Waals surface area contributed by atoms with Gasteiger partial charge in [-0.1, -0.05) is 11.6 Å². The van der Waals surface area contributed by atoms with Crippen LogP contribution in [0.4, 0.5) is 11.5 Å². The number of nitrogens with zero attached hydrogens (tertiary/aromatic N) is 2. The van der Waals surface area contributed by atoms with Crippen LogP contribution in [0.25, 0.3) is 0 Å². The van der Waals surface area contributed by atoms with Gasteiger partial charge in [-0.05, 0) is 44.2 Å². The molecule has 1 aromatic heterocycles. The second kappa shape index (κ2) is 7.11. The van der Waals surface area contributed by atoms with Gasteiger partial charge in [-0.2, -0.15) is 5.26 Å². The van der Waals surface area contributed by atoms with Gasteiger partial charge in [-0.15, -0.1) is 0 Å². The highest BCUT2D eigenvalue weighted by Gasteiger charge is 2.05. The van der Waals surface area contributed by atoms with Crippen LogP contribution in [-0.4, -0.2) is 11.6 Å². The number of hydrogen-bond acceptors (Lipinski definition) is 4. The van der Waals surface area contributed by atoms with Gasteiger partial charge in [-0.25, -0.2) is 4.98 Å². The number of ether oxygens (including phenoxy) is 1. The summed E-state index contributed by atoms with van der Waals surface area (Å²) < 4.78 is 5.66. The van der Waals surface area contributed by atoms with Crippen molar-refractivity contribution in [2.75, 3.05) is 11.9 Å². The van der Waals surface area contributed by atoms with Gasteiger partial charge in [0.15, 0.2) is 0 Å². The molecule has 2 aromatic rings. The van der Waals surface area contributed by atoms with E-state index in [2.05, 4.69) is 16.4 Å². The molecule has 1 heterocycles. The monoisotopic (exact) mass is 279 g/mol. The van der Waals surface area contributed by atoms with E-state index in [-0.39, 0.29) is 0 Å². The van der Waals surface area contributed by atoms with Crippen LogP contribution in [0.2, 0.25) is 0 Å². The largest absolute Gasteiger partial charge is 0.488 e. The summed E-state index contributed by atoms with van der Waals surface area (Å²) in [4.78, 5) is 4.21. The summed E-state index contributed by atoms with van der Waals surface area (Å²) in [5, 5.41) is 12.3. The van der Waals surface area contributed by atoms with Crippen LogP contribution in [0, 0.1) is 11.3 Å². The maximum absolute atomic E-state index is 9.13. The first-order valence-corrected chi connectivity index (χ1v) is 6.67. The van der Waals surface area contributed by atoms with Gasteiger partial charge in [0.2, 0.25) is 0 Å². The molecular formula is C17H17N3O. The summed E-state index contributed by atoms with van der Waals surface area (Å²) in [5.41, 5.74) is 2.53. The maximum Gasteiger partial charge on any atom is 0.139 e. The zero-order valence-corrected chi connectivity index (χ0v) is 12.1. The quantitative estimate of drug-likeness (QED) is 0.839. The molecule has 0 radical (unpaired) electrons. The fourth-order valence-electron chi connectivity index (χ4n) is 1.69. The topological polar surface area (TPSA) is 57.9 Å². The molecule has 0 aliphatic rings. The molecule has 0 fully saturated rings. The molecule has 0 spiro atoms. The molecule has 2 rings (SSSR count). The fraction of sp³-hybridized carbons (Fsp3) is 0.176. The number of anilines is 2.